The van der Waals surface area contributed by atoms with Gasteiger partial charge in [-0.05, 0) is 32.8 Å². The molecule has 3 aromatic rings. The Hall–Kier alpha value is -2.70. The van der Waals surface area contributed by atoms with Gasteiger partial charge in [-0.3, -0.25) is 0 Å². The largest absolute Gasteiger partial charge is 0.367 e. The van der Waals surface area contributed by atoms with Crippen molar-refractivity contribution < 1.29 is 0 Å². The molecule has 0 unspecified atom stereocenters. The average Bonchev–Trinajstić information content (AvgIpc) is 2.96. The first-order valence-electron chi connectivity index (χ1n) is 8.29. The van der Waals surface area contributed by atoms with Crippen LogP contribution in [0.3, 0.4) is 0 Å². The summed E-state index contributed by atoms with van der Waals surface area (Å²) in [6.07, 6.45) is 5.36. The number of nitrogens with zero attached hydrogens (tertiary/aromatic N) is 5. The fraction of sp³-hybridized carbons (Fsp3) is 0.412. The van der Waals surface area contributed by atoms with Gasteiger partial charge in [-0.1, -0.05) is 0 Å². The van der Waals surface area contributed by atoms with E-state index in [0.29, 0.717) is 6.04 Å². The van der Waals surface area contributed by atoms with Crippen LogP contribution in [0.1, 0.15) is 24.2 Å². The molecule has 0 spiro atoms. The molecule has 0 radical (unpaired) electrons. The van der Waals surface area contributed by atoms with Crippen LogP contribution in [0, 0.1) is 13.8 Å². The monoisotopic (exact) mass is 323 g/mol. The first-order chi connectivity index (χ1) is 11.7. The van der Waals surface area contributed by atoms with Gasteiger partial charge in [0, 0.05) is 36.6 Å². The lowest BCUT2D eigenvalue weighted by molar-refractivity contribution is 0.523. The van der Waals surface area contributed by atoms with E-state index in [1.165, 1.54) is 0 Å². The minimum atomic E-state index is 0.429. The van der Waals surface area contributed by atoms with Crippen LogP contribution in [0.15, 0.2) is 24.8 Å². The quantitative estimate of drug-likeness (QED) is 0.770. The van der Waals surface area contributed by atoms with Crippen molar-refractivity contribution in [3.63, 3.8) is 0 Å². The molecule has 0 atom stereocenters. The lowest BCUT2D eigenvalue weighted by Crippen LogP contribution is -2.39. The molecule has 0 amide bonds. The number of aromatic nitrogens is 5. The summed E-state index contributed by atoms with van der Waals surface area (Å²) in [6.45, 7) is 5.96. The van der Waals surface area contributed by atoms with Gasteiger partial charge < -0.3 is 15.2 Å². The third-order valence-electron chi connectivity index (χ3n) is 4.48. The van der Waals surface area contributed by atoms with Crippen molar-refractivity contribution in [3.8, 4) is 0 Å². The number of H-pyrrole nitrogens is 1. The maximum absolute atomic E-state index is 4.51. The Morgan fingerprint density at radius 1 is 1.04 bits per heavy atom. The molecule has 4 heterocycles. The Bertz CT molecular complexity index is 849. The van der Waals surface area contributed by atoms with E-state index < -0.39 is 0 Å². The van der Waals surface area contributed by atoms with E-state index >= 15 is 0 Å². The van der Waals surface area contributed by atoms with Gasteiger partial charge in [-0.2, -0.15) is 0 Å². The number of aryl methyl sites for hydroxylation is 2. The highest BCUT2D eigenvalue weighted by molar-refractivity contribution is 5.86. The summed E-state index contributed by atoms with van der Waals surface area (Å²) in [5, 5.41) is 3.52. The van der Waals surface area contributed by atoms with Gasteiger partial charge >= 0.3 is 0 Å². The summed E-state index contributed by atoms with van der Waals surface area (Å²) in [4.78, 5) is 23.0. The van der Waals surface area contributed by atoms with Gasteiger partial charge in [0.25, 0.3) is 0 Å². The van der Waals surface area contributed by atoms with Crippen molar-refractivity contribution >= 4 is 22.7 Å². The molecule has 3 aromatic heterocycles. The molecule has 1 fully saturated rings. The molecule has 7 heteroatoms. The maximum Gasteiger partial charge on any atom is 0.156 e. The van der Waals surface area contributed by atoms with Crippen molar-refractivity contribution in [2.24, 2.45) is 0 Å². The minimum Gasteiger partial charge on any atom is -0.367 e. The van der Waals surface area contributed by atoms with Gasteiger partial charge in [-0.15, -0.1) is 0 Å². The number of aromatic amines is 1. The first kappa shape index (κ1) is 14.9. The van der Waals surface area contributed by atoms with Crippen molar-refractivity contribution in [1.29, 1.82) is 0 Å². The normalized spacial score (nSPS) is 15.8. The fourth-order valence-electron chi connectivity index (χ4n) is 3.28. The number of nitrogens with one attached hydrogen (secondary N) is 2. The average molecular weight is 323 g/mol. The van der Waals surface area contributed by atoms with Gasteiger partial charge in [0.05, 0.1) is 5.52 Å². The summed E-state index contributed by atoms with van der Waals surface area (Å²) in [7, 11) is 0. The number of rotatable bonds is 3. The van der Waals surface area contributed by atoms with E-state index in [2.05, 4.69) is 41.2 Å². The number of piperidine rings is 1. The SMILES string of the molecule is Cc1cc(NC2CCN(c3ncnc4cc(C)[nH]c34)CC2)ncn1. The van der Waals surface area contributed by atoms with Gasteiger partial charge in [0.15, 0.2) is 5.82 Å². The molecule has 4 rings (SSSR count). The second kappa shape index (κ2) is 6.07. The van der Waals surface area contributed by atoms with Crippen LogP contribution in [0.25, 0.3) is 11.0 Å². The van der Waals surface area contributed by atoms with Crippen LogP contribution in [0.5, 0.6) is 0 Å². The summed E-state index contributed by atoms with van der Waals surface area (Å²) < 4.78 is 0. The Morgan fingerprint density at radius 2 is 1.83 bits per heavy atom. The van der Waals surface area contributed by atoms with E-state index in [1.54, 1.807) is 12.7 Å². The summed E-state index contributed by atoms with van der Waals surface area (Å²) >= 11 is 0. The Morgan fingerprint density at radius 3 is 2.62 bits per heavy atom. The zero-order chi connectivity index (χ0) is 16.5. The molecule has 0 saturated carbocycles. The molecule has 0 aliphatic carbocycles. The van der Waals surface area contributed by atoms with Crippen LogP contribution in [-0.2, 0) is 0 Å². The molecule has 2 N–H and O–H groups in total. The first-order valence-corrected chi connectivity index (χ1v) is 8.29. The number of hydrogen-bond acceptors (Lipinski definition) is 6. The van der Waals surface area contributed by atoms with Gasteiger partial charge in [-0.25, -0.2) is 19.9 Å². The van der Waals surface area contributed by atoms with Crippen molar-refractivity contribution in [1.82, 2.24) is 24.9 Å². The predicted octanol–water partition coefficient (Wildman–Crippen LogP) is 2.45. The highest BCUT2D eigenvalue weighted by atomic mass is 15.2. The number of fused-ring (bicyclic) bond motifs is 1. The molecule has 0 aromatic carbocycles. The van der Waals surface area contributed by atoms with Crippen LogP contribution < -0.4 is 10.2 Å². The molecule has 1 saturated heterocycles. The summed E-state index contributed by atoms with van der Waals surface area (Å²) in [5.41, 5.74) is 4.11. The lowest BCUT2D eigenvalue weighted by Gasteiger charge is -2.33. The predicted molar refractivity (Wildman–Crippen MR) is 94.3 cm³/mol. The third-order valence-corrected chi connectivity index (χ3v) is 4.48. The summed E-state index contributed by atoms with van der Waals surface area (Å²) in [6, 6.07) is 4.48. The smallest absolute Gasteiger partial charge is 0.156 e. The molecule has 1 aliphatic rings. The lowest BCUT2D eigenvalue weighted by atomic mass is 10.0. The second-order valence-corrected chi connectivity index (χ2v) is 6.36. The zero-order valence-electron chi connectivity index (χ0n) is 14.0. The molecular formula is C17H21N7. The Labute approximate surface area is 140 Å². The topological polar surface area (TPSA) is 82.6 Å². The Kier molecular flexibility index (Phi) is 3.76. The van der Waals surface area contributed by atoms with Gasteiger partial charge in [0.2, 0.25) is 0 Å². The van der Waals surface area contributed by atoms with Crippen molar-refractivity contribution in [2.45, 2.75) is 32.7 Å². The van der Waals surface area contributed by atoms with E-state index in [0.717, 1.165) is 60.0 Å². The van der Waals surface area contributed by atoms with E-state index in [1.807, 2.05) is 19.9 Å². The van der Waals surface area contributed by atoms with Crippen LogP contribution in [-0.4, -0.2) is 44.1 Å². The van der Waals surface area contributed by atoms with E-state index in [-0.39, 0.29) is 0 Å². The molecule has 124 valence electrons. The molecule has 24 heavy (non-hydrogen) atoms. The van der Waals surface area contributed by atoms with Crippen LogP contribution in [0.4, 0.5) is 11.6 Å². The van der Waals surface area contributed by atoms with Gasteiger partial charge in [0.1, 0.15) is 24.0 Å². The molecular weight excluding hydrogens is 302 g/mol. The molecule has 7 nitrogen and oxygen atoms in total. The summed E-state index contributed by atoms with van der Waals surface area (Å²) in [5.74, 6) is 1.91. The van der Waals surface area contributed by atoms with E-state index in [4.69, 9.17) is 0 Å². The molecule has 1 aliphatic heterocycles. The maximum atomic E-state index is 4.51. The second-order valence-electron chi connectivity index (χ2n) is 6.36. The molecule has 0 bridgehead atoms. The zero-order valence-corrected chi connectivity index (χ0v) is 14.0. The highest BCUT2D eigenvalue weighted by Crippen LogP contribution is 2.26. The highest BCUT2D eigenvalue weighted by Gasteiger charge is 2.22. The standard InChI is InChI=1S/C17H21N7/c1-11-8-15(20-9-18-11)23-13-3-5-24(6-4-13)17-16-14(19-10-21-17)7-12(2)22-16/h7-10,13,22H,3-6H2,1-2H3,(H,18,20,23). The van der Waals surface area contributed by atoms with Crippen molar-refractivity contribution in [3.05, 3.63) is 36.2 Å². The number of hydrogen-bond donors (Lipinski definition) is 2. The fourth-order valence-corrected chi connectivity index (χ4v) is 3.28. The van der Waals surface area contributed by atoms with Crippen LogP contribution in [0.2, 0.25) is 0 Å². The third kappa shape index (κ3) is 2.89. The number of anilines is 2. The van der Waals surface area contributed by atoms with E-state index in [9.17, 15) is 0 Å². The van der Waals surface area contributed by atoms with Crippen LogP contribution >= 0.6 is 0 Å². The minimum absolute atomic E-state index is 0.429. The Balaban J connectivity index is 1.45. The van der Waals surface area contributed by atoms with Crippen molar-refractivity contribution in [2.75, 3.05) is 23.3 Å².